The number of ether oxygens (including phenoxy) is 1. The van der Waals surface area contributed by atoms with E-state index in [2.05, 4.69) is 10.3 Å². The highest BCUT2D eigenvalue weighted by Crippen LogP contribution is 2.20. The second kappa shape index (κ2) is 7.23. The van der Waals surface area contributed by atoms with Gasteiger partial charge in [-0.3, -0.25) is 9.59 Å². The van der Waals surface area contributed by atoms with Crippen molar-refractivity contribution >= 4 is 28.3 Å². The molecule has 1 amide bonds. The summed E-state index contributed by atoms with van der Waals surface area (Å²) in [5.74, 6) is -0.575. The highest BCUT2D eigenvalue weighted by Gasteiger charge is 2.24. The van der Waals surface area contributed by atoms with Crippen LogP contribution in [0.2, 0.25) is 0 Å². The third-order valence-corrected chi connectivity index (χ3v) is 3.64. The predicted octanol–water partition coefficient (Wildman–Crippen LogP) is 1.56. The fraction of sp³-hybridized carbons (Fsp3) is 0.615. The number of nitrogens with one attached hydrogen (secondary N) is 1. The minimum absolute atomic E-state index is 0.218. The Morgan fingerprint density at radius 2 is 2.20 bits per heavy atom. The third kappa shape index (κ3) is 5.16. The van der Waals surface area contributed by atoms with Gasteiger partial charge in [-0.1, -0.05) is 0 Å². The van der Waals surface area contributed by atoms with Gasteiger partial charge in [0.05, 0.1) is 24.1 Å². The largest absolute Gasteiger partial charge is 0.466 e. The van der Waals surface area contributed by atoms with Crippen molar-refractivity contribution in [3.63, 3.8) is 0 Å². The maximum Gasteiger partial charge on any atom is 0.306 e. The number of rotatable bonds is 8. The van der Waals surface area contributed by atoms with E-state index in [0.29, 0.717) is 26.0 Å². The molecule has 20 heavy (non-hydrogen) atoms. The number of esters is 1. The van der Waals surface area contributed by atoms with Crippen LogP contribution in [0.1, 0.15) is 32.9 Å². The van der Waals surface area contributed by atoms with E-state index >= 15 is 0 Å². The number of amides is 1. The molecular formula is C13H21N3O3S. The van der Waals surface area contributed by atoms with Crippen molar-refractivity contribution in [2.75, 3.05) is 18.5 Å². The van der Waals surface area contributed by atoms with Crippen molar-refractivity contribution in [3.8, 4) is 0 Å². The van der Waals surface area contributed by atoms with Crippen molar-refractivity contribution in [1.82, 2.24) is 4.98 Å². The molecule has 0 aliphatic rings. The molecule has 0 atom stereocenters. The first kappa shape index (κ1) is 16.4. The van der Waals surface area contributed by atoms with Crippen molar-refractivity contribution in [2.45, 2.75) is 33.6 Å². The molecule has 0 unspecified atom stereocenters. The number of nitrogens with two attached hydrogens (primary N) is 1. The van der Waals surface area contributed by atoms with Crippen LogP contribution in [0, 0.1) is 5.41 Å². The van der Waals surface area contributed by atoms with E-state index < -0.39 is 5.41 Å². The van der Waals surface area contributed by atoms with Crippen LogP contribution < -0.4 is 11.1 Å². The normalized spacial score (nSPS) is 11.2. The van der Waals surface area contributed by atoms with Gasteiger partial charge in [-0.05, 0) is 20.8 Å². The standard InChI is InChI=1S/C13H21N3O3S/c1-4-19-10(17)6-5-9-7-20-12(16-9)15-8-13(2,3)11(14)18/h7H,4-6,8H2,1-3H3,(H2,14,18)(H,15,16). The number of hydrogen-bond acceptors (Lipinski definition) is 6. The van der Waals surface area contributed by atoms with Crippen molar-refractivity contribution < 1.29 is 14.3 Å². The van der Waals surface area contributed by atoms with Crippen molar-refractivity contribution in [2.24, 2.45) is 11.1 Å². The molecule has 6 nitrogen and oxygen atoms in total. The van der Waals surface area contributed by atoms with Gasteiger partial charge in [0.25, 0.3) is 0 Å². The molecule has 0 fully saturated rings. The van der Waals surface area contributed by atoms with Crippen molar-refractivity contribution in [1.29, 1.82) is 0 Å². The summed E-state index contributed by atoms with van der Waals surface area (Å²) < 4.78 is 4.86. The highest BCUT2D eigenvalue weighted by molar-refractivity contribution is 7.13. The predicted molar refractivity (Wildman–Crippen MR) is 78.5 cm³/mol. The second-order valence-electron chi connectivity index (χ2n) is 5.05. The van der Waals surface area contributed by atoms with Gasteiger partial charge >= 0.3 is 5.97 Å². The average molecular weight is 299 g/mol. The molecular weight excluding hydrogens is 278 g/mol. The van der Waals surface area contributed by atoms with Gasteiger partial charge in [0.1, 0.15) is 0 Å². The first-order valence-electron chi connectivity index (χ1n) is 6.49. The molecule has 0 aromatic carbocycles. The van der Waals surface area contributed by atoms with Gasteiger partial charge in [-0.2, -0.15) is 0 Å². The zero-order chi connectivity index (χ0) is 15.2. The van der Waals surface area contributed by atoms with Crippen LogP contribution in [0.4, 0.5) is 5.13 Å². The van der Waals surface area contributed by atoms with Crippen LogP contribution in [0.5, 0.6) is 0 Å². The van der Waals surface area contributed by atoms with E-state index in [1.807, 2.05) is 5.38 Å². The lowest BCUT2D eigenvalue weighted by Crippen LogP contribution is -2.37. The Hall–Kier alpha value is -1.63. The van der Waals surface area contributed by atoms with E-state index in [1.54, 1.807) is 20.8 Å². The Balaban J connectivity index is 2.44. The smallest absolute Gasteiger partial charge is 0.306 e. The molecule has 0 spiro atoms. The maximum atomic E-state index is 11.2. The molecule has 3 N–H and O–H groups in total. The zero-order valence-corrected chi connectivity index (χ0v) is 12.9. The minimum atomic E-state index is -0.628. The van der Waals surface area contributed by atoms with Crippen LogP contribution in [0.25, 0.3) is 0 Å². The summed E-state index contributed by atoms with van der Waals surface area (Å²) in [4.78, 5) is 26.8. The SMILES string of the molecule is CCOC(=O)CCc1csc(NCC(C)(C)C(N)=O)n1. The Kier molecular flexibility index (Phi) is 5.94. The molecule has 7 heteroatoms. The van der Waals surface area contributed by atoms with Crippen LogP contribution >= 0.6 is 11.3 Å². The monoisotopic (exact) mass is 299 g/mol. The van der Waals surface area contributed by atoms with Crippen LogP contribution in [-0.4, -0.2) is 30.0 Å². The number of thiazole rings is 1. The molecule has 1 heterocycles. The summed E-state index contributed by atoms with van der Waals surface area (Å²) in [6, 6.07) is 0. The summed E-state index contributed by atoms with van der Waals surface area (Å²) >= 11 is 1.44. The summed E-state index contributed by atoms with van der Waals surface area (Å²) in [5, 5.41) is 5.70. The fourth-order valence-electron chi connectivity index (χ4n) is 1.35. The topological polar surface area (TPSA) is 94.3 Å². The molecule has 0 saturated heterocycles. The van der Waals surface area contributed by atoms with Gasteiger partial charge < -0.3 is 15.8 Å². The molecule has 0 radical (unpaired) electrons. The fourth-order valence-corrected chi connectivity index (χ4v) is 2.09. The molecule has 1 rings (SSSR count). The Morgan fingerprint density at radius 3 is 2.80 bits per heavy atom. The lowest BCUT2D eigenvalue weighted by Gasteiger charge is -2.20. The Morgan fingerprint density at radius 1 is 1.50 bits per heavy atom. The zero-order valence-electron chi connectivity index (χ0n) is 12.1. The summed E-state index contributed by atoms with van der Waals surface area (Å²) in [7, 11) is 0. The molecule has 1 aromatic heterocycles. The number of aromatic nitrogens is 1. The number of primary amides is 1. The molecule has 0 saturated carbocycles. The summed E-state index contributed by atoms with van der Waals surface area (Å²) in [6.45, 7) is 6.15. The van der Waals surface area contributed by atoms with Gasteiger partial charge in [-0.15, -0.1) is 11.3 Å². The number of hydrogen-bond donors (Lipinski definition) is 2. The van der Waals surface area contributed by atoms with Gasteiger partial charge in [0.2, 0.25) is 5.91 Å². The first-order chi connectivity index (χ1) is 9.35. The van der Waals surface area contributed by atoms with Gasteiger partial charge in [0, 0.05) is 18.3 Å². The van der Waals surface area contributed by atoms with Crippen LogP contribution in [0.3, 0.4) is 0 Å². The van der Waals surface area contributed by atoms with E-state index in [4.69, 9.17) is 10.5 Å². The van der Waals surface area contributed by atoms with E-state index in [1.165, 1.54) is 11.3 Å². The average Bonchev–Trinajstić information content (AvgIpc) is 2.82. The number of nitrogens with zero attached hydrogens (tertiary/aromatic N) is 1. The Labute approximate surface area is 122 Å². The van der Waals surface area contributed by atoms with E-state index in [-0.39, 0.29) is 11.9 Å². The summed E-state index contributed by atoms with van der Waals surface area (Å²) in [5.41, 5.74) is 5.51. The lowest BCUT2D eigenvalue weighted by atomic mass is 9.93. The summed E-state index contributed by atoms with van der Waals surface area (Å²) in [6.07, 6.45) is 0.875. The van der Waals surface area contributed by atoms with Crippen LogP contribution in [-0.2, 0) is 20.7 Å². The molecule has 0 bridgehead atoms. The van der Waals surface area contributed by atoms with Gasteiger partial charge in [-0.25, -0.2) is 4.98 Å². The number of carbonyl (C=O) groups is 2. The number of aryl methyl sites for hydroxylation is 1. The van der Waals surface area contributed by atoms with E-state index in [0.717, 1.165) is 10.8 Å². The Bertz CT molecular complexity index is 471. The van der Waals surface area contributed by atoms with Crippen LogP contribution in [0.15, 0.2) is 5.38 Å². The molecule has 0 aliphatic carbocycles. The van der Waals surface area contributed by atoms with E-state index in [9.17, 15) is 9.59 Å². The maximum absolute atomic E-state index is 11.2. The highest BCUT2D eigenvalue weighted by atomic mass is 32.1. The second-order valence-corrected chi connectivity index (χ2v) is 5.91. The van der Waals surface area contributed by atoms with Crippen molar-refractivity contribution in [3.05, 3.63) is 11.1 Å². The number of anilines is 1. The lowest BCUT2D eigenvalue weighted by molar-refractivity contribution is -0.143. The number of carbonyl (C=O) groups excluding carboxylic acids is 2. The minimum Gasteiger partial charge on any atom is -0.466 e. The molecule has 1 aromatic rings. The molecule has 112 valence electrons. The first-order valence-corrected chi connectivity index (χ1v) is 7.37. The third-order valence-electron chi connectivity index (χ3n) is 2.79. The van der Waals surface area contributed by atoms with Gasteiger partial charge in [0.15, 0.2) is 5.13 Å². The molecule has 0 aliphatic heterocycles. The quantitative estimate of drug-likeness (QED) is 0.710.